The number of aromatic nitrogens is 1. The number of carbonyl (C=O) groups is 1. The van der Waals surface area contributed by atoms with Gasteiger partial charge in [0.15, 0.2) is 0 Å². The lowest BCUT2D eigenvalue weighted by Gasteiger charge is -2.35. The highest BCUT2D eigenvalue weighted by Crippen LogP contribution is 2.22. The first-order valence-electron chi connectivity index (χ1n) is 11.1. The van der Waals surface area contributed by atoms with Crippen LogP contribution in [0.5, 0.6) is 0 Å². The lowest BCUT2D eigenvalue weighted by atomic mass is 9.91. The summed E-state index contributed by atoms with van der Waals surface area (Å²) in [6, 6.07) is 17.4. The molecule has 3 aromatic rings. The van der Waals surface area contributed by atoms with Crippen molar-refractivity contribution in [3.05, 3.63) is 81.6 Å². The first-order chi connectivity index (χ1) is 14.9. The van der Waals surface area contributed by atoms with Gasteiger partial charge in [-0.05, 0) is 35.4 Å². The average Bonchev–Trinajstić information content (AvgIpc) is 2.75. The number of fused-ring (bicyclic) bond motifs is 1. The highest BCUT2D eigenvalue weighted by molar-refractivity contribution is 6.06. The second kappa shape index (κ2) is 9.06. The maximum absolute atomic E-state index is 12.8. The van der Waals surface area contributed by atoms with Crippen molar-refractivity contribution in [2.45, 2.75) is 33.4 Å². The third-order valence-electron chi connectivity index (χ3n) is 6.23. The molecular formula is C26H31N3O2. The Labute approximate surface area is 183 Å². The normalized spacial score (nSPS) is 19.5. The van der Waals surface area contributed by atoms with Gasteiger partial charge < -0.3 is 9.88 Å². The van der Waals surface area contributed by atoms with E-state index in [-0.39, 0.29) is 11.5 Å². The van der Waals surface area contributed by atoms with E-state index in [4.69, 9.17) is 0 Å². The van der Waals surface area contributed by atoms with E-state index in [0.717, 1.165) is 47.9 Å². The van der Waals surface area contributed by atoms with Gasteiger partial charge in [0.1, 0.15) is 0 Å². The summed E-state index contributed by atoms with van der Waals surface area (Å²) < 4.78 is 1.56. The zero-order valence-corrected chi connectivity index (χ0v) is 18.6. The fraction of sp³-hybridized carbons (Fsp3) is 0.385. The SMILES string of the molecule is CC1CC(C)CN(Cc2ccc(CNC(=O)c3cc(=O)n(C)c4ccccc34)cc2)C1. The Hall–Kier alpha value is -2.92. The van der Waals surface area contributed by atoms with Crippen LogP contribution < -0.4 is 10.9 Å². The molecule has 2 atom stereocenters. The van der Waals surface area contributed by atoms with E-state index in [1.807, 2.05) is 24.3 Å². The molecule has 1 saturated heterocycles. The second-order valence-corrected chi connectivity index (χ2v) is 9.11. The largest absolute Gasteiger partial charge is 0.348 e. The number of nitrogens with zero attached hydrogens (tertiary/aromatic N) is 2. The van der Waals surface area contributed by atoms with Gasteiger partial charge in [0.05, 0.1) is 11.1 Å². The molecule has 1 fully saturated rings. The van der Waals surface area contributed by atoms with Gasteiger partial charge in [-0.25, -0.2) is 0 Å². The molecule has 5 nitrogen and oxygen atoms in total. The molecule has 1 amide bonds. The van der Waals surface area contributed by atoms with Crippen molar-refractivity contribution in [1.29, 1.82) is 0 Å². The molecule has 0 radical (unpaired) electrons. The van der Waals surface area contributed by atoms with Crippen molar-refractivity contribution < 1.29 is 4.79 Å². The molecule has 1 aliphatic heterocycles. The van der Waals surface area contributed by atoms with Crippen LogP contribution in [0.4, 0.5) is 0 Å². The minimum absolute atomic E-state index is 0.186. The predicted molar refractivity (Wildman–Crippen MR) is 125 cm³/mol. The van der Waals surface area contributed by atoms with Crippen LogP contribution in [-0.4, -0.2) is 28.5 Å². The Morgan fingerprint density at radius 3 is 2.35 bits per heavy atom. The molecular weight excluding hydrogens is 386 g/mol. The summed E-state index contributed by atoms with van der Waals surface area (Å²) in [7, 11) is 1.72. The molecule has 31 heavy (non-hydrogen) atoms. The fourth-order valence-corrected chi connectivity index (χ4v) is 4.82. The lowest BCUT2D eigenvalue weighted by molar-refractivity contribution is 0.0952. The van der Waals surface area contributed by atoms with Crippen molar-refractivity contribution in [1.82, 2.24) is 14.8 Å². The molecule has 1 aromatic heterocycles. The predicted octanol–water partition coefficient (Wildman–Crippen LogP) is 3.95. The number of hydrogen-bond donors (Lipinski definition) is 1. The molecule has 0 aliphatic carbocycles. The van der Waals surface area contributed by atoms with Crippen molar-refractivity contribution in [2.24, 2.45) is 18.9 Å². The van der Waals surface area contributed by atoms with Gasteiger partial charge in [-0.2, -0.15) is 0 Å². The molecule has 2 aromatic carbocycles. The maximum atomic E-state index is 12.8. The zero-order chi connectivity index (χ0) is 22.0. The first-order valence-corrected chi connectivity index (χ1v) is 11.1. The monoisotopic (exact) mass is 417 g/mol. The average molecular weight is 418 g/mol. The quantitative estimate of drug-likeness (QED) is 0.684. The Bertz CT molecular complexity index is 1120. The molecule has 4 rings (SSSR count). The Morgan fingerprint density at radius 2 is 1.65 bits per heavy atom. The molecule has 0 spiro atoms. The van der Waals surface area contributed by atoms with Gasteiger partial charge in [-0.15, -0.1) is 0 Å². The van der Waals surface area contributed by atoms with Gasteiger partial charge in [-0.3, -0.25) is 14.5 Å². The number of pyridine rings is 1. The van der Waals surface area contributed by atoms with Crippen LogP contribution in [-0.2, 0) is 20.1 Å². The number of nitrogens with one attached hydrogen (secondary N) is 1. The van der Waals surface area contributed by atoms with E-state index in [9.17, 15) is 9.59 Å². The molecule has 1 N–H and O–H groups in total. The molecule has 0 bridgehead atoms. The summed E-state index contributed by atoms with van der Waals surface area (Å²) in [5, 5.41) is 3.75. The van der Waals surface area contributed by atoms with E-state index in [2.05, 4.69) is 48.3 Å². The minimum Gasteiger partial charge on any atom is -0.348 e. The molecule has 2 unspecified atom stereocenters. The van der Waals surface area contributed by atoms with Crippen molar-refractivity contribution in [3.8, 4) is 0 Å². The summed E-state index contributed by atoms with van der Waals surface area (Å²) in [6.45, 7) is 8.39. The number of rotatable bonds is 5. The van der Waals surface area contributed by atoms with Crippen LogP contribution in [0.2, 0.25) is 0 Å². The highest BCUT2D eigenvalue weighted by atomic mass is 16.2. The number of carbonyl (C=O) groups excluding carboxylic acids is 1. The number of aryl methyl sites for hydroxylation is 1. The van der Waals surface area contributed by atoms with Crippen LogP contribution in [0.1, 0.15) is 41.8 Å². The number of hydrogen-bond acceptors (Lipinski definition) is 3. The first kappa shape index (κ1) is 21.3. The third-order valence-corrected chi connectivity index (χ3v) is 6.23. The number of para-hydroxylation sites is 1. The van der Waals surface area contributed by atoms with Gasteiger partial charge in [0, 0.05) is 44.7 Å². The summed E-state index contributed by atoms with van der Waals surface area (Å²) in [4.78, 5) is 27.6. The van der Waals surface area contributed by atoms with E-state index in [1.165, 1.54) is 18.1 Å². The number of likely N-dealkylation sites (tertiary alicyclic amines) is 1. The van der Waals surface area contributed by atoms with Gasteiger partial charge in [0.25, 0.3) is 11.5 Å². The number of benzene rings is 2. The topological polar surface area (TPSA) is 54.3 Å². The Kier molecular flexibility index (Phi) is 6.23. The zero-order valence-electron chi connectivity index (χ0n) is 18.6. The van der Waals surface area contributed by atoms with Gasteiger partial charge in [-0.1, -0.05) is 56.3 Å². The second-order valence-electron chi connectivity index (χ2n) is 9.11. The lowest BCUT2D eigenvalue weighted by Crippen LogP contribution is -2.38. The van der Waals surface area contributed by atoms with E-state index in [0.29, 0.717) is 12.1 Å². The van der Waals surface area contributed by atoms with Gasteiger partial charge >= 0.3 is 0 Å². The van der Waals surface area contributed by atoms with Crippen molar-refractivity contribution >= 4 is 16.8 Å². The fourth-order valence-electron chi connectivity index (χ4n) is 4.82. The summed E-state index contributed by atoms with van der Waals surface area (Å²) in [6.07, 6.45) is 1.32. The van der Waals surface area contributed by atoms with E-state index < -0.39 is 0 Å². The van der Waals surface area contributed by atoms with Crippen molar-refractivity contribution in [2.75, 3.05) is 13.1 Å². The maximum Gasteiger partial charge on any atom is 0.252 e. The van der Waals surface area contributed by atoms with Crippen LogP contribution in [0.3, 0.4) is 0 Å². The molecule has 2 heterocycles. The molecule has 162 valence electrons. The highest BCUT2D eigenvalue weighted by Gasteiger charge is 2.21. The molecule has 0 saturated carbocycles. The summed E-state index contributed by atoms with van der Waals surface area (Å²) >= 11 is 0. The van der Waals surface area contributed by atoms with Crippen LogP contribution in [0.25, 0.3) is 10.9 Å². The minimum atomic E-state index is -0.228. The van der Waals surface area contributed by atoms with Crippen LogP contribution in [0.15, 0.2) is 59.4 Å². The third kappa shape index (κ3) is 4.88. The Balaban J connectivity index is 1.41. The molecule has 1 aliphatic rings. The van der Waals surface area contributed by atoms with E-state index >= 15 is 0 Å². The van der Waals surface area contributed by atoms with E-state index in [1.54, 1.807) is 11.6 Å². The van der Waals surface area contributed by atoms with Crippen molar-refractivity contribution in [3.63, 3.8) is 0 Å². The standard InChI is InChI=1S/C26H31N3O2/c1-18-12-19(2)16-29(15-18)17-21-10-8-20(9-11-21)14-27-26(31)23-13-25(30)28(3)24-7-5-4-6-22(23)24/h4-11,13,18-19H,12,14-17H2,1-3H3,(H,27,31). The summed E-state index contributed by atoms with van der Waals surface area (Å²) in [5.74, 6) is 1.28. The Morgan fingerprint density at radius 1 is 1.00 bits per heavy atom. The van der Waals surface area contributed by atoms with Gasteiger partial charge in [0.2, 0.25) is 0 Å². The number of piperidine rings is 1. The smallest absolute Gasteiger partial charge is 0.252 e. The summed E-state index contributed by atoms with van der Waals surface area (Å²) in [5.41, 5.74) is 3.34. The number of amides is 1. The molecule has 5 heteroatoms. The van der Waals surface area contributed by atoms with Crippen LogP contribution in [0, 0.1) is 11.8 Å². The van der Waals surface area contributed by atoms with Crippen LogP contribution >= 0.6 is 0 Å².